The monoisotopic (exact) mass is 384 g/mol. The Morgan fingerprint density at radius 2 is 1.86 bits per heavy atom. The van der Waals surface area contributed by atoms with E-state index < -0.39 is 0 Å². The number of hydrogen-bond acceptors (Lipinski definition) is 5. The number of rotatable bonds is 8. The van der Waals surface area contributed by atoms with Gasteiger partial charge in [0.1, 0.15) is 11.5 Å². The van der Waals surface area contributed by atoms with Crippen LogP contribution in [0.4, 0.5) is 0 Å². The molecule has 2 aromatic rings. The van der Waals surface area contributed by atoms with Crippen molar-refractivity contribution in [1.82, 2.24) is 9.80 Å². The lowest BCUT2D eigenvalue weighted by Gasteiger charge is -2.25. The zero-order valence-corrected chi connectivity index (χ0v) is 17.4. The molecule has 0 radical (unpaired) electrons. The molecule has 0 saturated carbocycles. The van der Waals surface area contributed by atoms with Crippen LogP contribution in [-0.2, 0) is 13.2 Å². The molecule has 1 saturated heterocycles. The van der Waals surface area contributed by atoms with Gasteiger partial charge >= 0.3 is 0 Å². The van der Waals surface area contributed by atoms with E-state index >= 15 is 0 Å². The van der Waals surface area contributed by atoms with E-state index in [1.165, 1.54) is 11.1 Å². The first-order valence-corrected chi connectivity index (χ1v) is 9.93. The second kappa shape index (κ2) is 9.41. The van der Waals surface area contributed by atoms with Crippen molar-refractivity contribution >= 4 is 0 Å². The third-order valence-electron chi connectivity index (χ3n) is 5.57. The summed E-state index contributed by atoms with van der Waals surface area (Å²) in [5, 5.41) is 9.67. The molecule has 0 bridgehead atoms. The number of benzene rings is 2. The van der Waals surface area contributed by atoms with Crippen LogP contribution in [0.25, 0.3) is 0 Å². The number of aliphatic hydroxyl groups excluding tert-OH is 1. The number of ether oxygens (including phenoxy) is 2. The van der Waals surface area contributed by atoms with Gasteiger partial charge in [-0.3, -0.25) is 4.90 Å². The fourth-order valence-corrected chi connectivity index (χ4v) is 4.11. The highest BCUT2D eigenvalue weighted by molar-refractivity contribution is 5.37. The lowest BCUT2D eigenvalue weighted by molar-refractivity contribution is 0.258. The Balaban J connectivity index is 1.74. The predicted octanol–water partition coefficient (Wildman–Crippen LogP) is 3.12. The number of likely N-dealkylation sites (tertiary alicyclic amines) is 1. The van der Waals surface area contributed by atoms with E-state index in [-0.39, 0.29) is 6.61 Å². The Morgan fingerprint density at radius 3 is 2.46 bits per heavy atom. The number of hydrogen-bond donors (Lipinski definition) is 1. The van der Waals surface area contributed by atoms with Gasteiger partial charge in [-0.15, -0.1) is 0 Å². The van der Waals surface area contributed by atoms with Crippen LogP contribution in [0.15, 0.2) is 42.5 Å². The zero-order chi connectivity index (χ0) is 20.1. The molecule has 5 heteroatoms. The Labute approximate surface area is 168 Å². The van der Waals surface area contributed by atoms with Crippen LogP contribution < -0.4 is 9.47 Å². The van der Waals surface area contributed by atoms with Gasteiger partial charge in [-0.1, -0.05) is 18.2 Å². The molecular formula is C23H32N2O3. The van der Waals surface area contributed by atoms with Crippen molar-refractivity contribution in [3.8, 4) is 11.5 Å². The van der Waals surface area contributed by atoms with Gasteiger partial charge in [-0.2, -0.15) is 0 Å². The first kappa shape index (κ1) is 20.6. The van der Waals surface area contributed by atoms with Crippen LogP contribution in [0.2, 0.25) is 0 Å². The molecule has 2 aromatic carbocycles. The van der Waals surface area contributed by atoms with Crippen LogP contribution >= 0.6 is 0 Å². The van der Waals surface area contributed by atoms with Crippen molar-refractivity contribution in [2.75, 3.05) is 40.9 Å². The largest absolute Gasteiger partial charge is 0.497 e. The summed E-state index contributed by atoms with van der Waals surface area (Å²) in [7, 11) is 6.02. The predicted molar refractivity (Wildman–Crippen MR) is 112 cm³/mol. The molecule has 2 atom stereocenters. The normalized spacial score (nSPS) is 19.9. The Kier molecular flexibility index (Phi) is 6.94. The summed E-state index contributed by atoms with van der Waals surface area (Å²) in [6.45, 7) is 5.46. The first-order chi connectivity index (χ1) is 13.5. The Morgan fingerprint density at radius 1 is 1.11 bits per heavy atom. The van der Waals surface area contributed by atoms with E-state index in [9.17, 15) is 5.11 Å². The summed E-state index contributed by atoms with van der Waals surface area (Å²) in [5.74, 6) is 2.13. The van der Waals surface area contributed by atoms with E-state index in [0.29, 0.717) is 18.6 Å². The van der Waals surface area contributed by atoms with Crippen LogP contribution in [0.1, 0.15) is 29.5 Å². The maximum atomic E-state index is 9.67. The molecule has 3 rings (SSSR count). The van der Waals surface area contributed by atoms with Gasteiger partial charge in [-0.05, 0) is 56.4 Å². The summed E-state index contributed by atoms with van der Waals surface area (Å²) >= 11 is 0. The van der Waals surface area contributed by atoms with Crippen molar-refractivity contribution < 1.29 is 14.6 Å². The van der Waals surface area contributed by atoms with E-state index in [0.717, 1.165) is 36.7 Å². The molecule has 1 N–H and O–H groups in total. The first-order valence-electron chi connectivity index (χ1n) is 9.93. The highest BCUT2D eigenvalue weighted by atomic mass is 16.5. The average molecular weight is 385 g/mol. The third kappa shape index (κ3) is 4.66. The molecular weight excluding hydrogens is 352 g/mol. The van der Waals surface area contributed by atoms with Gasteiger partial charge in [-0.25, -0.2) is 0 Å². The molecule has 1 fully saturated rings. The quantitative estimate of drug-likeness (QED) is 0.758. The molecule has 0 amide bonds. The van der Waals surface area contributed by atoms with Crippen LogP contribution in [-0.4, -0.2) is 61.8 Å². The SMILES string of the molecule is CCOc1ccc(CN2C[C@@H](N(C)C)[C@H](c3ccc(OC)cc3)C2)cc1CO. The number of aliphatic hydroxyl groups is 1. The van der Waals surface area contributed by atoms with Gasteiger partial charge < -0.3 is 19.5 Å². The van der Waals surface area contributed by atoms with Crippen LogP contribution in [0, 0.1) is 0 Å². The molecule has 0 spiro atoms. The van der Waals surface area contributed by atoms with Crippen molar-refractivity contribution in [3.63, 3.8) is 0 Å². The summed E-state index contributed by atoms with van der Waals surface area (Å²) in [4.78, 5) is 4.82. The minimum absolute atomic E-state index is 0.00201. The molecule has 1 aliphatic rings. The molecule has 1 heterocycles. The third-order valence-corrected chi connectivity index (χ3v) is 5.57. The van der Waals surface area contributed by atoms with Gasteiger partial charge in [0.15, 0.2) is 0 Å². The Bertz CT molecular complexity index is 761. The molecule has 1 aliphatic heterocycles. The topological polar surface area (TPSA) is 45.2 Å². The maximum absolute atomic E-state index is 9.67. The van der Waals surface area contributed by atoms with Crippen molar-refractivity contribution in [2.24, 2.45) is 0 Å². The fourth-order valence-electron chi connectivity index (χ4n) is 4.11. The van der Waals surface area contributed by atoms with E-state index in [1.807, 2.05) is 25.1 Å². The van der Waals surface area contributed by atoms with E-state index in [2.05, 4.69) is 48.2 Å². The van der Waals surface area contributed by atoms with Gasteiger partial charge in [0.05, 0.1) is 20.3 Å². The van der Waals surface area contributed by atoms with Crippen LogP contribution in [0.5, 0.6) is 11.5 Å². The lowest BCUT2D eigenvalue weighted by Crippen LogP contribution is -2.34. The number of methoxy groups -OCH3 is 1. The van der Waals surface area contributed by atoms with Gasteiger partial charge in [0.2, 0.25) is 0 Å². The summed E-state index contributed by atoms with van der Waals surface area (Å²) in [6, 6.07) is 15.1. The minimum atomic E-state index is -0.00201. The number of likely N-dealkylation sites (N-methyl/N-ethyl adjacent to an activating group) is 1. The minimum Gasteiger partial charge on any atom is -0.497 e. The molecule has 0 aromatic heterocycles. The summed E-state index contributed by atoms with van der Waals surface area (Å²) < 4.78 is 10.9. The smallest absolute Gasteiger partial charge is 0.124 e. The lowest BCUT2D eigenvalue weighted by atomic mass is 9.93. The van der Waals surface area contributed by atoms with Crippen molar-refractivity contribution in [2.45, 2.75) is 32.0 Å². The number of nitrogens with zero attached hydrogens (tertiary/aromatic N) is 2. The van der Waals surface area contributed by atoms with Gasteiger partial charge in [0.25, 0.3) is 0 Å². The van der Waals surface area contributed by atoms with Crippen LogP contribution in [0.3, 0.4) is 0 Å². The van der Waals surface area contributed by atoms with Crippen molar-refractivity contribution in [1.29, 1.82) is 0 Å². The highest BCUT2D eigenvalue weighted by Crippen LogP contribution is 2.32. The van der Waals surface area contributed by atoms with Gasteiger partial charge in [0, 0.05) is 37.2 Å². The second-order valence-electron chi connectivity index (χ2n) is 7.64. The average Bonchev–Trinajstić information content (AvgIpc) is 3.13. The van der Waals surface area contributed by atoms with E-state index in [1.54, 1.807) is 7.11 Å². The maximum Gasteiger partial charge on any atom is 0.124 e. The van der Waals surface area contributed by atoms with E-state index in [4.69, 9.17) is 9.47 Å². The second-order valence-corrected chi connectivity index (χ2v) is 7.64. The summed E-state index contributed by atoms with van der Waals surface area (Å²) in [5.41, 5.74) is 3.42. The Hall–Kier alpha value is -2.08. The molecule has 152 valence electrons. The zero-order valence-electron chi connectivity index (χ0n) is 17.4. The standard InChI is InChI=1S/C23H32N2O3/c1-5-28-23-11-6-17(12-19(23)16-26)13-25-14-21(22(15-25)24(2)3)18-7-9-20(27-4)10-8-18/h6-12,21-22,26H,5,13-16H2,1-4H3/t21-,22+/m0/s1. The fraction of sp³-hybridized carbons (Fsp3) is 0.478. The van der Waals surface area contributed by atoms with Crippen molar-refractivity contribution in [3.05, 3.63) is 59.2 Å². The highest BCUT2D eigenvalue weighted by Gasteiger charge is 2.35. The molecule has 28 heavy (non-hydrogen) atoms. The summed E-state index contributed by atoms with van der Waals surface area (Å²) in [6.07, 6.45) is 0. The molecule has 5 nitrogen and oxygen atoms in total. The molecule has 0 aliphatic carbocycles. The molecule has 0 unspecified atom stereocenters.